The van der Waals surface area contributed by atoms with Crippen LogP contribution in [0.25, 0.3) is 0 Å². The van der Waals surface area contributed by atoms with Crippen LogP contribution in [0, 0.1) is 0 Å². The number of rotatable bonds is 4. The van der Waals surface area contributed by atoms with E-state index in [2.05, 4.69) is 15.9 Å². The summed E-state index contributed by atoms with van der Waals surface area (Å²) < 4.78 is 0.803. The lowest BCUT2D eigenvalue weighted by Gasteiger charge is -2.21. The summed E-state index contributed by atoms with van der Waals surface area (Å²) >= 11 is 10.9. The van der Waals surface area contributed by atoms with E-state index < -0.39 is 6.10 Å². The Morgan fingerprint density at radius 2 is 2.17 bits per heavy atom. The van der Waals surface area contributed by atoms with Gasteiger partial charge in [0.25, 0.3) is 0 Å². The van der Waals surface area contributed by atoms with Crippen LogP contribution in [0.15, 0.2) is 40.2 Å². The van der Waals surface area contributed by atoms with Gasteiger partial charge < -0.3 is 10.8 Å². The molecule has 0 aliphatic heterocycles. The first-order chi connectivity index (χ1) is 8.63. The SMILES string of the molecule is NCC(c1cccs1)C(O)c1ccc(Cl)cc1Br. The van der Waals surface area contributed by atoms with Crippen LogP contribution in [-0.4, -0.2) is 11.7 Å². The minimum Gasteiger partial charge on any atom is -0.388 e. The molecule has 0 fully saturated rings. The van der Waals surface area contributed by atoms with Crippen LogP contribution >= 0.6 is 38.9 Å². The Morgan fingerprint density at radius 1 is 1.39 bits per heavy atom. The third-order valence-electron chi connectivity index (χ3n) is 2.82. The van der Waals surface area contributed by atoms with Crippen molar-refractivity contribution in [2.75, 3.05) is 6.54 Å². The Morgan fingerprint density at radius 3 is 2.72 bits per heavy atom. The van der Waals surface area contributed by atoms with E-state index in [0.717, 1.165) is 14.9 Å². The maximum atomic E-state index is 10.5. The van der Waals surface area contributed by atoms with Gasteiger partial charge in [-0.3, -0.25) is 0 Å². The van der Waals surface area contributed by atoms with Crippen LogP contribution in [-0.2, 0) is 0 Å². The van der Waals surface area contributed by atoms with Gasteiger partial charge in [-0.15, -0.1) is 11.3 Å². The molecular weight excluding hydrogens is 334 g/mol. The van der Waals surface area contributed by atoms with Crippen LogP contribution in [0.5, 0.6) is 0 Å². The summed E-state index contributed by atoms with van der Waals surface area (Å²) in [6, 6.07) is 9.34. The van der Waals surface area contributed by atoms with E-state index in [1.54, 1.807) is 23.5 Å². The molecule has 5 heteroatoms. The predicted molar refractivity (Wildman–Crippen MR) is 80.2 cm³/mol. The van der Waals surface area contributed by atoms with Gasteiger partial charge in [-0.2, -0.15) is 0 Å². The van der Waals surface area contributed by atoms with Crippen LogP contribution in [0.2, 0.25) is 5.02 Å². The standard InChI is InChI=1S/C13H13BrClNOS/c14-11-6-8(15)3-4-9(11)13(17)10(7-16)12-2-1-5-18-12/h1-6,10,13,17H,7,16H2. The van der Waals surface area contributed by atoms with Crippen molar-refractivity contribution >= 4 is 38.9 Å². The molecule has 2 unspecified atom stereocenters. The number of benzene rings is 1. The van der Waals surface area contributed by atoms with E-state index in [0.29, 0.717) is 11.6 Å². The molecule has 2 aromatic rings. The topological polar surface area (TPSA) is 46.2 Å². The van der Waals surface area contributed by atoms with E-state index in [9.17, 15) is 5.11 Å². The maximum absolute atomic E-state index is 10.5. The Bertz CT molecular complexity index is 518. The molecule has 0 aliphatic carbocycles. The fourth-order valence-corrected chi connectivity index (χ4v) is 3.65. The summed E-state index contributed by atoms with van der Waals surface area (Å²) in [4.78, 5) is 1.09. The second kappa shape index (κ2) is 6.17. The third-order valence-corrected chi connectivity index (χ3v) is 4.75. The second-order valence-electron chi connectivity index (χ2n) is 3.97. The molecule has 2 rings (SSSR count). The number of aliphatic hydroxyl groups is 1. The minimum absolute atomic E-state index is 0.0949. The lowest BCUT2D eigenvalue weighted by atomic mass is 9.94. The zero-order chi connectivity index (χ0) is 13.1. The van der Waals surface area contributed by atoms with E-state index in [1.165, 1.54) is 0 Å². The largest absolute Gasteiger partial charge is 0.388 e. The summed E-state index contributed by atoms with van der Waals surface area (Å²) in [5.41, 5.74) is 6.60. The molecule has 0 radical (unpaired) electrons. The predicted octanol–water partition coefficient (Wildman–Crippen LogP) is 3.94. The van der Waals surface area contributed by atoms with Crippen molar-refractivity contribution < 1.29 is 5.11 Å². The highest BCUT2D eigenvalue weighted by atomic mass is 79.9. The van der Waals surface area contributed by atoms with E-state index in [4.69, 9.17) is 17.3 Å². The molecule has 2 nitrogen and oxygen atoms in total. The molecule has 0 amide bonds. The van der Waals surface area contributed by atoms with E-state index in [-0.39, 0.29) is 5.92 Å². The monoisotopic (exact) mass is 345 g/mol. The highest BCUT2D eigenvalue weighted by molar-refractivity contribution is 9.10. The molecule has 1 heterocycles. The molecule has 0 saturated carbocycles. The summed E-state index contributed by atoms with van der Waals surface area (Å²) in [7, 11) is 0. The van der Waals surface area contributed by atoms with Crippen molar-refractivity contribution in [3.63, 3.8) is 0 Å². The van der Waals surface area contributed by atoms with Crippen molar-refractivity contribution in [2.24, 2.45) is 5.73 Å². The molecule has 2 atom stereocenters. The van der Waals surface area contributed by atoms with Crippen molar-refractivity contribution in [1.29, 1.82) is 0 Å². The van der Waals surface area contributed by atoms with E-state index in [1.807, 2.05) is 23.6 Å². The van der Waals surface area contributed by atoms with Gasteiger partial charge in [0, 0.05) is 26.8 Å². The number of thiophene rings is 1. The molecule has 1 aromatic heterocycles. The number of nitrogens with two attached hydrogens (primary N) is 1. The van der Waals surface area contributed by atoms with Crippen molar-refractivity contribution in [3.8, 4) is 0 Å². The van der Waals surface area contributed by atoms with Crippen LogP contribution in [0.1, 0.15) is 22.5 Å². The van der Waals surface area contributed by atoms with Gasteiger partial charge in [0.1, 0.15) is 0 Å². The lowest BCUT2D eigenvalue weighted by molar-refractivity contribution is 0.148. The molecular formula is C13H13BrClNOS. The Hall–Kier alpha value is -0.390. The van der Waals surface area contributed by atoms with Crippen LogP contribution in [0.4, 0.5) is 0 Å². The zero-order valence-corrected chi connectivity index (χ0v) is 12.7. The van der Waals surface area contributed by atoms with Crippen LogP contribution < -0.4 is 5.73 Å². The molecule has 3 N–H and O–H groups in total. The van der Waals surface area contributed by atoms with E-state index >= 15 is 0 Å². The highest BCUT2D eigenvalue weighted by Gasteiger charge is 2.24. The van der Waals surface area contributed by atoms with Gasteiger partial charge in [0.05, 0.1) is 6.10 Å². The Balaban J connectivity index is 2.31. The molecule has 18 heavy (non-hydrogen) atoms. The number of halogens is 2. The van der Waals surface area contributed by atoms with Crippen LogP contribution in [0.3, 0.4) is 0 Å². The first-order valence-electron chi connectivity index (χ1n) is 5.50. The third kappa shape index (κ3) is 2.95. The van der Waals surface area contributed by atoms with Crippen molar-refractivity contribution in [2.45, 2.75) is 12.0 Å². The molecule has 0 aliphatic rings. The van der Waals surface area contributed by atoms with Gasteiger partial charge in [-0.05, 0) is 29.1 Å². The molecule has 1 aromatic carbocycles. The highest BCUT2D eigenvalue weighted by Crippen LogP contribution is 2.36. The summed E-state index contributed by atoms with van der Waals surface area (Å²) in [6.45, 7) is 0.400. The van der Waals surface area contributed by atoms with Gasteiger partial charge >= 0.3 is 0 Å². The number of hydrogen-bond acceptors (Lipinski definition) is 3. The van der Waals surface area contributed by atoms with Crippen molar-refractivity contribution in [1.82, 2.24) is 0 Å². The molecule has 0 spiro atoms. The Labute approximate surface area is 124 Å². The van der Waals surface area contributed by atoms with Crippen molar-refractivity contribution in [3.05, 3.63) is 55.6 Å². The first kappa shape index (κ1) is 14.0. The fourth-order valence-electron chi connectivity index (χ4n) is 1.86. The summed E-state index contributed by atoms with van der Waals surface area (Å²) in [5.74, 6) is -0.0949. The minimum atomic E-state index is -0.639. The number of aliphatic hydroxyl groups excluding tert-OH is 1. The fraction of sp³-hybridized carbons (Fsp3) is 0.231. The maximum Gasteiger partial charge on any atom is 0.0889 e. The zero-order valence-electron chi connectivity index (χ0n) is 9.51. The Kier molecular flexibility index (Phi) is 4.81. The normalized spacial score (nSPS) is 14.4. The second-order valence-corrected chi connectivity index (χ2v) is 6.24. The molecule has 96 valence electrons. The average Bonchev–Trinajstić information content (AvgIpc) is 2.83. The van der Waals surface area contributed by atoms with Gasteiger partial charge in [-0.25, -0.2) is 0 Å². The van der Waals surface area contributed by atoms with Gasteiger partial charge in [0.2, 0.25) is 0 Å². The molecule has 0 bridgehead atoms. The smallest absolute Gasteiger partial charge is 0.0889 e. The summed E-state index contributed by atoms with van der Waals surface area (Å²) in [6.07, 6.45) is -0.639. The average molecular weight is 347 g/mol. The van der Waals surface area contributed by atoms with Gasteiger partial charge in [-0.1, -0.05) is 39.7 Å². The first-order valence-corrected chi connectivity index (χ1v) is 7.55. The number of hydrogen-bond donors (Lipinski definition) is 2. The quantitative estimate of drug-likeness (QED) is 0.881. The summed E-state index contributed by atoms with van der Waals surface area (Å²) in [5, 5.41) is 13.1. The lowest BCUT2D eigenvalue weighted by Crippen LogP contribution is -2.19. The van der Waals surface area contributed by atoms with Gasteiger partial charge in [0.15, 0.2) is 0 Å². The molecule has 0 saturated heterocycles.